The molecule has 198 valence electrons. The number of allylic oxidation sites excluding steroid dienone is 1. The third-order valence-electron chi connectivity index (χ3n) is 5.94. The zero-order chi connectivity index (χ0) is 27.0. The van der Waals surface area contributed by atoms with Gasteiger partial charge in [-0.05, 0) is 36.4 Å². The molecule has 0 unspecified atom stereocenters. The van der Waals surface area contributed by atoms with Gasteiger partial charge in [-0.3, -0.25) is 4.79 Å². The van der Waals surface area contributed by atoms with E-state index in [0.29, 0.717) is 0 Å². The normalized spacial score (nSPS) is 26.9. The maximum absolute atomic E-state index is 12.4. The molecule has 1 aliphatic carbocycles. The van der Waals surface area contributed by atoms with E-state index < -0.39 is 72.4 Å². The van der Waals surface area contributed by atoms with Crippen LogP contribution in [0.3, 0.4) is 0 Å². The van der Waals surface area contributed by atoms with Gasteiger partial charge in [-0.1, -0.05) is 0 Å². The van der Waals surface area contributed by atoms with Crippen molar-refractivity contribution in [2.45, 2.75) is 36.8 Å². The average molecular weight is 520 g/mol. The molecule has 13 nitrogen and oxygen atoms in total. The number of aliphatic hydroxyl groups is 4. The number of aromatic hydroxyl groups is 3. The molecule has 7 N–H and O–H groups in total. The molecule has 0 aromatic heterocycles. The van der Waals surface area contributed by atoms with Crippen molar-refractivity contribution < 1.29 is 64.3 Å². The van der Waals surface area contributed by atoms with Gasteiger partial charge in [-0.15, -0.1) is 0 Å². The summed E-state index contributed by atoms with van der Waals surface area (Å²) in [5.41, 5.74) is -0.558. The van der Waals surface area contributed by atoms with Gasteiger partial charge in [0, 0.05) is 5.56 Å². The van der Waals surface area contributed by atoms with Gasteiger partial charge in [-0.2, -0.15) is 0 Å². The molecule has 0 spiro atoms. The van der Waals surface area contributed by atoms with E-state index in [1.54, 1.807) is 0 Å². The van der Waals surface area contributed by atoms with E-state index in [0.717, 1.165) is 24.3 Å². The van der Waals surface area contributed by atoms with Crippen LogP contribution in [0.25, 0.3) is 0 Å². The van der Waals surface area contributed by atoms with Crippen LogP contribution in [0.5, 0.6) is 28.7 Å². The van der Waals surface area contributed by atoms with Crippen molar-refractivity contribution in [1.29, 1.82) is 0 Å². The molecule has 0 bridgehead atoms. The topological polar surface area (TPSA) is 213 Å². The molecule has 1 heterocycles. The first-order valence-electron chi connectivity index (χ1n) is 10.9. The van der Waals surface area contributed by atoms with E-state index in [1.165, 1.54) is 19.3 Å². The van der Waals surface area contributed by atoms with E-state index in [4.69, 9.17) is 18.9 Å². The van der Waals surface area contributed by atoms with Crippen LogP contribution in [0.1, 0.15) is 32.4 Å². The lowest BCUT2D eigenvalue weighted by molar-refractivity contribution is -0.277. The number of esters is 1. The highest BCUT2D eigenvalue weighted by Gasteiger charge is 2.46. The minimum Gasteiger partial charge on any atom is -0.507 e. The van der Waals surface area contributed by atoms with Crippen molar-refractivity contribution in [3.05, 3.63) is 53.1 Å². The second-order valence-electron chi connectivity index (χ2n) is 8.32. The molecule has 4 rings (SSSR count). The lowest BCUT2D eigenvalue weighted by atomic mass is 9.92. The largest absolute Gasteiger partial charge is 0.507 e. The minimum absolute atomic E-state index is 0.0917. The molecule has 0 radical (unpaired) electrons. The number of methoxy groups -OCH3 is 1. The van der Waals surface area contributed by atoms with Gasteiger partial charge in [0.05, 0.1) is 18.2 Å². The van der Waals surface area contributed by atoms with Crippen LogP contribution < -0.4 is 9.47 Å². The summed E-state index contributed by atoms with van der Waals surface area (Å²) < 4.78 is 21.0. The molecule has 1 fully saturated rings. The van der Waals surface area contributed by atoms with Gasteiger partial charge in [0.25, 0.3) is 0 Å². The fourth-order valence-electron chi connectivity index (χ4n) is 4.05. The van der Waals surface area contributed by atoms with Crippen LogP contribution in [0.15, 0.2) is 36.4 Å². The summed E-state index contributed by atoms with van der Waals surface area (Å²) in [6.45, 7) is -0.644. The third-order valence-corrected chi connectivity index (χ3v) is 5.94. The number of hydrogen-bond acceptors (Lipinski definition) is 13. The quantitative estimate of drug-likeness (QED) is 0.243. The summed E-state index contributed by atoms with van der Waals surface area (Å²) in [4.78, 5) is 24.6. The maximum Gasteiger partial charge on any atom is 0.338 e. The number of rotatable bonds is 6. The molecule has 2 aromatic carbocycles. The van der Waals surface area contributed by atoms with Crippen LogP contribution in [0.2, 0.25) is 0 Å². The number of hydrogen-bond donors (Lipinski definition) is 7. The Morgan fingerprint density at radius 3 is 2.30 bits per heavy atom. The number of carbonyl (C=O) groups excluding carboxylic acids is 2. The molecule has 0 saturated carbocycles. The summed E-state index contributed by atoms with van der Waals surface area (Å²) in [6.07, 6.45) is -7.47. The Labute approximate surface area is 209 Å². The Balaban J connectivity index is 1.51. The van der Waals surface area contributed by atoms with E-state index in [2.05, 4.69) is 0 Å². The van der Waals surface area contributed by atoms with Gasteiger partial charge in [0.1, 0.15) is 48.6 Å². The molecular weight excluding hydrogens is 496 g/mol. The zero-order valence-electron chi connectivity index (χ0n) is 19.2. The van der Waals surface area contributed by atoms with Gasteiger partial charge in [0.15, 0.2) is 17.3 Å². The standard InChI is InChI=1S/C24H24O13/c1-34-22-13(28)6-9(7-14(22)29)23(33)35-8-16-19(30)20(31)21(32)24(37-16)36-15-5-4-11(26)17-10(25)2-3-12(27)18(15)17/h2-7,12,16,19-21,24,26-32H,8H2,1H3/t12-,16+,19+,20-,21+,24+/m0/s1. The number of aliphatic hydroxyl groups excluding tert-OH is 4. The van der Waals surface area contributed by atoms with Gasteiger partial charge >= 0.3 is 5.97 Å². The maximum atomic E-state index is 12.4. The Morgan fingerprint density at radius 1 is 0.973 bits per heavy atom. The van der Waals surface area contributed by atoms with E-state index in [9.17, 15) is 45.3 Å². The van der Waals surface area contributed by atoms with Crippen molar-refractivity contribution in [2.24, 2.45) is 0 Å². The van der Waals surface area contributed by atoms with E-state index >= 15 is 0 Å². The number of benzene rings is 2. The van der Waals surface area contributed by atoms with E-state index in [1.807, 2.05) is 0 Å². The summed E-state index contributed by atoms with van der Waals surface area (Å²) in [5, 5.41) is 71.2. The summed E-state index contributed by atoms with van der Waals surface area (Å²) in [6, 6.07) is 4.32. The van der Waals surface area contributed by atoms with Crippen molar-refractivity contribution in [1.82, 2.24) is 0 Å². The molecule has 1 saturated heterocycles. The lowest BCUT2D eigenvalue weighted by Crippen LogP contribution is -2.60. The fraction of sp³-hybridized carbons (Fsp3) is 0.333. The fourth-order valence-corrected chi connectivity index (χ4v) is 4.05. The van der Waals surface area contributed by atoms with Crippen molar-refractivity contribution in [3.8, 4) is 28.7 Å². The molecule has 2 aliphatic rings. The molecule has 2 aromatic rings. The highest BCUT2D eigenvalue weighted by atomic mass is 16.7. The molecule has 37 heavy (non-hydrogen) atoms. The Bertz CT molecular complexity index is 1220. The van der Waals surface area contributed by atoms with Crippen molar-refractivity contribution in [2.75, 3.05) is 13.7 Å². The second kappa shape index (κ2) is 10.2. The van der Waals surface area contributed by atoms with Crippen LogP contribution in [0, 0.1) is 0 Å². The van der Waals surface area contributed by atoms with Crippen LogP contribution in [0.4, 0.5) is 0 Å². The smallest absolute Gasteiger partial charge is 0.338 e. The Hall–Kier alpha value is -3.88. The minimum atomic E-state index is -1.81. The Kier molecular flexibility index (Phi) is 7.25. The summed E-state index contributed by atoms with van der Waals surface area (Å²) in [7, 11) is 1.20. The SMILES string of the molecule is COc1c(O)cc(C(=O)OC[C@H]2O[C@@H](Oc3ccc(O)c4c3[C@@H](O)C=CC4=O)[C@H](O)[C@@H](O)[C@@H]2O)cc1O. The summed E-state index contributed by atoms with van der Waals surface area (Å²) >= 11 is 0. The van der Waals surface area contributed by atoms with Crippen LogP contribution >= 0.6 is 0 Å². The van der Waals surface area contributed by atoms with Crippen LogP contribution in [-0.4, -0.2) is 91.9 Å². The lowest BCUT2D eigenvalue weighted by Gasteiger charge is -2.40. The number of ketones is 1. The molecule has 0 amide bonds. The first kappa shape index (κ1) is 26.2. The summed E-state index contributed by atoms with van der Waals surface area (Å²) in [5.74, 6) is -3.47. The number of phenols is 3. The highest BCUT2D eigenvalue weighted by molar-refractivity contribution is 6.09. The van der Waals surface area contributed by atoms with Gasteiger partial charge in [-0.25, -0.2) is 4.79 Å². The molecule has 1 aliphatic heterocycles. The number of fused-ring (bicyclic) bond motifs is 1. The second-order valence-corrected chi connectivity index (χ2v) is 8.32. The van der Waals surface area contributed by atoms with Gasteiger partial charge < -0.3 is 54.7 Å². The Morgan fingerprint density at radius 2 is 1.65 bits per heavy atom. The monoisotopic (exact) mass is 520 g/mol. The average Bonchev–Trinajstić information content (AvgIpc) is 2.86. The van der Waals surface area contributed by atoms with E-state index in [-0.39, 0.29) is 28.2 Å². The first-order chi connectivity index (χ1) is 17.5. The third kappa shape index (κ3) is 4.90. The number of ether oxygens (including phenoxy) is 4. The predicted molar refractivity (Wildman–Crippen MR) is 120 cm³/mol. The highest BCUT2D eigenvalue weighted by Crippen LogP contribution is 2.40. The molecule has 13 heteroatoms. The predicted octanol–water partition coefficient (Wildman–Crippen LogP) is -0.359. The first-order valence-corrected chi connectivity index (χ1v) is 10.9. The number of phenolic OH excluding ortho intramolecular Hbond substituents is 3. The molecular formula is C24H24O13. The van der Waals surface area contributed by atoms with Crippen molar-refractivity contribution >= 4 is 11.8 Å². The van der Waals surface area contributed by atoms with Crippen LogP contribution in [-0.2, 0) is 9.47 Å². The zero-order valence-corrected chi connectivity index (χ0v) is 19.2. The number of carbonyl (C=O) groups is 2. The molecule has 6 atom stereocenters. The van der Waals surface area contributed by atoms with Crippen molar-refractivity contribution in [3.63, 3.8) is 0 Å². The van der Waals surface area contributed by atoms with Gasteiger partial charge in [0.2, 0.25) is 12.0 Å².